The molecule has 1 heterocycles. The SMILES string of the molecule is CCOc1ccc(N2C(=O)[C@H]3C4c5ccccc5C(C=O)(c5ccccc54)[C@H]3C2=O)cc1. The lowest BCUT2D eigenvalue weighted by Gasteiger charge is -2.51. The fraction of sp³-hybridized carbons (Fsp3) is 0.222. The van der Waals surface area contributed by atoms with Gasteiger partial charge in [-0.15, -0.1) is 0 Å². The molecule has 0 spiro atoms. The molecule has 4 aliphatic rings. The van der Waals surface area contributed by atoms with Gasteiger partial charge in [-0.3, -0.25) is 9.59 Å². The van der Waals surface area contributed by atoms with E-state index in [-0.39, 0.29) is 17.7 Å². The summed E-state index contributed by atoms with van der Waals surface area (Å²) in [5, 5.41) is 0. The average Bonchev–Trinajstić information content (AvgIpc) is 3.11. The van der Waals surface area contributed by atoms with Crippen molar-refractivity contribution in [2.45, 2.75) is 18.3 Å². The number of benzene rings is 3. The molecule has 0 unspecified atom stereocenters. The summed E-state index contributed by atoms with van der Waals surface area (Å²) in [4.78, 5) is 41.8. The van der Waals surface area contributed by atoms with Gasteiger partial charge in [0.25, 0.3) is 0 Å². The Bertz CT molecular complexity index is 1230. The summed E-state index contributed by atoms with van der Waals surface area (Å²) in [6.07, 6.45) is 0.893. The van der Waals surface area contributed by atoms with Crippen molar-refractivity contribution in [2.24, 2.45) is 11.8 Å². The van der Waals surface area contributed by atoms with Crippen LogP contribution in [0.4, 0.5) is 5.69 Å². The number of hydrogen-bond acceptors (Lipinski definition) is 4. The van der Waals surface area contributed by atoms with E-state index in [1.54, 1.807) is 24.3 Å². The van der Waals surface area contributed by atoms with Crippen LogP contribution in [0, 0.1) is 11.8 Å². The number of aldehydes is 1. The zero-order chi connectivity index (χ0) is 22.0. The van der Waals surface area contributed by atoms with Crippen molar-refractivity contribution >= 4 is 23.8 Å². The highest BCUT2D eigenvalue weighted by molar-refractivity contribution is 6.24. The molecule has 1 aliphatic heterocycles. The Hall–Kier alpha value is -3.73. The smallest absolute Gasteiger partial charge is 0.239 e. The summed E-state index contributed by atoms with van der Waals surface area (Å²) in [6.45, 7) is 2.43. The summed E-state index contributed by atoms with van der Waals surface area (Å²) < 4.78 is 5.50. The van der Waals surface area contributed by atoms with E-state index in [1.807, 2.05) is 55.5 Å². The quantitative estimate of drug-likeness (QED) is 0.473. The van der Waals surface area contributed by atoms with E-state index in [0.717, 1.165) is 28.5 Å². The van der Waals surface area contributed by atoms with Crippen molar-refractivity contribution in [3.8, 4) is 5.75 Å². The van der Waals surface area contributed by atoms with Gasteiger partial charge in [0.05, 0.1) is 29.5 Å². The van der Waals surface area contributed by atoms with Crippen LogP contribution in [0.2, 0.25) is 0 Å². The molecular weight excluding hydrogens is 402 g/mol. The number of carbonyl (C=O) groups is 3. The number of nitrogens with zero attached hydrogens (tertiary/aromatic N) is 1. The normalized spacial score (nSPS) is 27.0. The molecule has 2 atom stereocenters. The second-order valence-electron chi connectivity index (χ2n) is 8.58. The van der Waals surface area contributed by atoms with Crippen molar-refractivity contribution in [1.29, 1.82) is 0 Å². The van der Waals surface area contributed by atoms with Crippen molar-refractivity contribution in [2.75, 3.05) is 11.5 Å². The van der Waals surface area contributed by atoms with E-state index in [4.69, 9.17) is 4.74 Å². The van der Waals surface area contributed by atoms with Gasteiger partial charge in [0.15, 0.2) is 0 Å². The van der Waals surface area contributed by atoms with Crippen LogP contribution >= 0.6 is 0 Å². The molecule has 5 nitrogen and oxygen atoms in total. The molecule has 5 heteroatoms. The van der Waals surface area contributed by atoms with Crippen LogP contribution in [0.25, 0.3) is 0 Å². The fourth-order valence-electron chi connectivity index (χ4n) is 6.14. The van der Waals surface area contributed by atoms with Crippen molar-refractivity contribution < 1.29 is 19.1 Å². The minimum absolute atomic E-state index is 0.246. The molecule has 1 saturated heterocycles. The van der Waals surface area contributed by atoms with E-state index in [0.29, 0.717) is 18.0 Å². The summed E-state index contributed by atoms with van der Waals surface area (Å²) >= 11 is 0. The molecule has 32 heavy (non-hydrogen) atoms. The number of hydrogen-bond donors (Lipinski definition) is 0. The first kappa shape index (κ1) is 19.0. The lowest BCUT2D eigenvalue weighted by molar-refractivity contribution is -0.128. The van der Waals surface area contributed by atoms with E-state index < -0.39 is 17.3 Å². The Balaban J connectivity index is 1.56. The zero-order valence-electron chi connectivity index (χ0n) is 17.5. The maximum Gasteiger partial charge on any atom is 0.239 e. The van der Waals surface area contributed by atoms with Crippen LogP contribution in [0.15, 0.2) is 72.8 Å². The summed E-state index contributed by atoms with van der Waals surface area (Å²) in [6, 6.07) is 22.5. The van der Waals surface area contributed by atoms with Crippen LogP contribution in [-0.4, -0.2) is 24.7 Å². The zero-order valence-corrected chi connectivity index (χ0v) is 17.5. The van der Waals surface area contributed by atoms with Gasteiger partial charge in [-0.1, -0.05) is 48.5 Å². The summed E-state index contributed by atoms with van der Waals surface area (Å²) in [7, 11) is 0. The Kier molecular flexibility index (Phi) is 3.94. The second-order valence-corrected chi connectivity index (χ2v) is 8.58. The van der Waals surface area contributed by atoms with Crippen LogP contribution in [0.3, 0.4) is 0 Å². The van der Waals surface area contributed by atoms with Gasteiger partial charge in [0, 0.05) is 5.92 Å². The first-order valence-electron chi connectivity index (χ1n) is 10.9. The minimum atomic E-state index is -1.17. The van der Waals surface area contributed by atoms with E-state index in [2.05, 4.69) is 0 Å². The van der Waals surface area contributed by atoms with Gasteiger partial charge in [-0.2, -0.15) is 0 Å². The maximum absolute atomic E-state index is 13.8. The van der Waals surface area contributed by atoms with Crippen molar-refractivity contribution in [1.82, 2.24) is 0 Å². The van der Waals surface area contributed by atoms with Gasteiger partial charge in [-0.05, 0) is 53.4 Å². The van der Waals surface area contributed by atoms with Gasteiger partial charge >= 0.3 is 0 Å². The number of anilines is 1. The van der Waals surface area contributed by atoms with Gasteiger partial charge < -0.3 is 9.53 Å². The van der Waals surface area contributed by atoms with Crippen LogP contribution < -0.4 is 9.64 Å². The Morgan fingerprint density at radius 1 is 0.875 bits per heavy atom. The molecule has 2 amide bonds. The number of imide groups is 1. The van der Waals surface area contributed by atoms with Crippen LogP contribution in [-0.2, 0) is 19.8 Å². The summed E-state index contributed by atoms with van der Waals surface area (Å²) in [5.41, 5.74) is 2.96. The molecule has 0 aromatic heterocycles. The monoisotopic (exact) mass is 423 g/mol. The van der Waals surface area contributed by atoms with Crippen LogP contribution in [0.1, 0.15) is 35.1 Å². The molecule has 3 aromatic rings. The summed E-state index contributed by atoms with van der Waals surface area (Å²) in [5.74, 6) is -1.50. The molecule has 1 fully saturated rings. The predicted octanol–water partition coefficient (Wildman–Crippen LogP) is 3.84. The van der Waals surface area contributed by atoms with Gasteiger partial charge in [-0.25, -0.2) is 4.90 Å². The third-order valence-electron chi connectivity index (χ3n) is 7.28. The molecule has 7 rings (SSSR count). The number of carbonyl (C=O) groups excluding carboxylic acids is 3. The molecule has 0 saturated carbocycles. The molecule has 2 bridgehead atoms. The lowest BCUT2D eigenvalue weighted by Crippen LogP contribution is -2.54. The second kappa shape index (κ2) is 6.63. The largest absolute Gasteiger partial charge is 0.494 e. The number of ether oxygens (including phenoxy) is 1. The highest BCUT2D eigenvalue weighted by atomic mass is 16.5. The highest BCUT2D eigenvalue weighted by Gasteiger charge is 2.68. The van der Waals surface area contributed by atoms with Crippen molar-refractivity contribution in [3.63, 3.8) is 0 Å². The Labute approximate surface area is 185 Å². The third kappa shape index (κ3) is 2.15. The highest BCUT2D eigenvalue weighted by Crippen LogP contribution is 2.63. The standard InChI is InChI=1S/C27H21NO4/c1-2-32-17-13-11-16(12-14-17)28-25(30)23-22-18-7-3-5-9-20(18)27(15-29,24(23)26(28)31)21-10-6-4-8-19(21)22/h3-15,22-24H,2H2,1H3/t22?,23-,24+,27?/m0/s1. The number of rotatable bonds is 4. The molecule has 3 aromatic carbocycles. The van der Waals surface area contributed by atoms with E-state index in [1.165, 1.54) is 4.90 Å². The molecule has 0 radical (unpaired) electrons. The first-order chi connectivity index (χ1) is 15.6. The Morgan fingerprint density at radius 2 is 1.47 bits per heavy atom. The first-order valence-corrected chi connectivity index (χ1v) is 10.9. The van der Waals surface area contributed by atoms with E-state index in [9.17, 15) is 14.4 Å². The van der Waals surface area contributed by atoms with E-state index >= 15 is 0 Å². The van der Waals surface area contributed by atoms with Gasteiger partial charge in [0.2, 0.25) is 11.8 Å². The molecule has 3 aliphatic carbocycles. The lowest BCUT2D eigenvalue weighted by atomic mass is 9.48. The molecule has 0 N–H and O–H groups in total. The Morgan fingerprint density at radius 3 is 2.03 bits per heavy atom. The van der Waals surface area contributed by atoms with Crippen molar-refractivity contribution in [3.05, 3.63) is 95.1 Å². The average molecular weight is 423 g/mol. The van der Waals surface area contributed by atoms with Crippen LogP contribution in [0.5, 0.6) is 5.75 Å². The maximum atomic E-state index is 13.8. The molecule has 158 valence electrons. The van der Waals surface area contributed by atoms with Gasteiger partial charge in [0.1, 0.15) is 12.0 Å². The fourth-order valence-corrected chi connectivity index (χ4v) is 6.14. The minimum Gasteiger partial charge on any atom is -0.494 e. The molecular formula is C27H21NO4. The predicted molar refractivity (Wildman–Crippen MR) is 119 cm³/mol. The number of amides is 2. The topological polar surface area (TPSA) is 63.7 Å². The third-order valence-corrected chi connectivity index (χ3v) is 7.28.